The van der Waals surface area contributed by atoms with Crippen molar-refractivity contribution in [2.24, 2.45) is 11.8 Å². The molecule has 37 heavy (non-hydrogen) atoms. The van der Waals surface area contributed by atoms with E-state index in [4.69, 9.17) is 4.74 Å². The minimum atomic E-state index is -1.28. The highest BCUT2D eigenvalue weighted by atomic mass is 16.5. The van der Waals surface area contributed by atoms with Gasteiger partial charge in [0, 0.05) is 11.5 Å². The third-order valence-electron chi connectivity index (χ3n) is 8.06. The maximum absolute atomic E-state index is 13.2. The molecule has 1 unspecified atom stereocenters. The maximum Gasteiger partial charge on any atom is 0.336 e. The predicted molar refractivity (Wildman–Crippen MR) is 140 cm³/mol. The zero-order chi connectivity index (χ0) is 26.3. The van der Waals surface area contributed by atoms with Gasteiger partial charge in [0.05, 0.1) is 11.1 Å². The number of hydrogen-bond donors (Lipinski definition) is 2. The van der Waals surface area contributed by atoms with E-state index in [0.29, 0.717) is 23.9 Å². The minimum absolute atomic E-state index is 0.103. The molecule has 0 bridgehead atoms. The highest BCUT2D eigenvalue weighted by molar-refractivity contribution is 6.04. The van der Waals surface area contributed by atoms with E-state index in [2.05, 4.69) is 0 Å². The molecule has 2 aliphatic carbocycles. The monoisotopic (exact) mass is 498 g/mol. The van der Waals surface area contributed by atoms with E-state index in [0.717, 1.165) is 58.4 Å². The molecule has 1 saturated carbocycles. The van der Waals surface area contributed by atoms with Crippen molar-refractivity contribution in [2.45, 2.75) is 52.6 Å². The van der Waals surface area contributed by atoms with Crippen LogP contribution in [0.15, 0.2) is 48.5 Å². The van der Waals surface area contributed by atoms with E-state index in [1.807, 2.05) is 44.2 Å². The first-order valence-electron chi connectivity index (χ1n) is 12.7. The summed E-state index contributed by atoms with van der Waals surface area (Å²) in [6.45, 7) is 4.32. The van der Waals surface area contributed by atoms with Gasteiger partial charge in [0.2, 0.25) is 0 Å². The molecule has 0 aliphatic heterocycles. The summed E-state index contributed by atoms with van der Waals surface area (Å²) in [7, 11) is 0. The molecular formula is C31H30O6. The Morgan fingerprint density at radius 2 is 1.59 bits per heavy atom. The Morgan fingerprint density at radius 3 is 2.30 bits per heavy atom. The number of carbonyl (C=O) groups is 3. The lowest BCUT2D eigenvalue weighted by molar-refractivity contribution is 0.0651. The van der Waals surface area contributed by atoms with Gasteiger partial charge in [-0.15, -0.1) is 0 Å². The van der Waals surface area contributed by atoms with E-state index in [-0.39, 0.29) is 17.0 Å². The van der Waals surface area contributed by atoms with Crippen molar-refractivity contribution in [1.29, 1.82) is 0 Å². The smallest absolute Gasteiger partial charge is 0.336 e. The summed E-state index contributed by atoms with van der Waals surface area (Å²) in [6.07, 6.45) is 5.53. The first-order valence-corrected chi connectivity index (χ1v) is 12.7. The van der Waals surface area contributed by atoms with Crippen LogP contribution in [0.3, 0.4) is 0 Å². The van der Waals surface area contributed by atoms with Gasteiger partial charge < -0.3 is 14.9 Å². The topological polar surface area (TPSA) is 101 Å². The number of ketones is 1. The number of Topliss-reactive ketones (excluding diaryl/α,β-unsaturated/α-hetero) is 1. The van der Waals surface area contributed by atoms with Crippen LogP contribution < -0.4 is 4.74 Å². The first-order chi connectivity index (χ1) is 17.7. The molecule has 3 aromatic rings. The fourth-order valence-electron chi connectivity index (χ4n) is 5.95. The predicted octanol–water partition coefficient (Wildman–Crippen LogP) is 6.49. The molecule has 3 aromatic carbocycles. The average molecular weight is 499 g/mol. The van der Waals surface area contributed by atoms with Crippen molar-refractivity contribution in [1.82, 2.24) is 0 Å². The Kier molecular flexibility index (Phi) is 6.59. The van der Waals surface area contributed by atoms with E-state index in [1.54, 1.807) is 6.07 Å². The lowest BCUT2D eigenvalue weighted by Crippen LogP contribution is -2.18. The van der Waals surface area contributed by atoms with Crippen LogP contribution >= 0.6 is 0 Å². The molecule has 190 valence electrons. The number of benzene rings is 3. The molecule has 2 N–H and O–H groups in total. The molecule has 6 nitrogen and oxygen atoms in total. The number of aromatic carboxylic acids is 2. The van der Waals surface area contributed by atoms with E-state index < -0.39 is 11.9 Å². The van der Waals surface area contributed by atoms with Crippen molar-refractivity contribution < 1.29 is 29.3 Å². The van der Waals surface area contributed by atoms with E-state index in [1.165, 1.54) is 25.0 Å². The van der Waals surface area contributed by atoms with Gasteiger partial charge in [0.1, 0.15) is 12.4 Å². The van der Waals surface area contributed by atoms with Crippen molar-refractivity contribution >= 4 is 17.7 Å². The number of hydrogen-bond acceptors (Lipinski definition) is 4. The van der Waals surface area contributed by atoms with Crippen LogP contribution in [-0.4, -0.2) is 27.9 Å². The van der Waals surface area contributed by atoms with Gasteiger partial charge in [0.25, 0.3) is 0 Å². The molecule has 0 radical (unpaired) electrons. The number of carboxylic acid groups (broad SMARTS) is 2. The van der Waals surface area contributed by atoms with Crippen molar-refractivity contribution in [2.75, 3.05) is 0 Å². The third-order valence-corrected chi connectivity index (χ3v) is 8.06. The molecular weight excluding hydrogens is 468 g/mol. The van der Waals surface area contributed by atoms with E-state index >= 15 is 0 Å². The fraction of sp³-hybridized carbons (Fsp3) is 0.323. The van der Waals surface area contributed by atoms with Gasteiger partial charge in [-0.3, -0.25) is 4.79 Å². The van der Waals surface area contributed by atoms with Gasteiger partial charge in [-0.25, -0.2) is 9.59 Å². The summed E-state index contributed by atoms with van der Waals surface area (Å²) in [5.74, 6) is -0.877. The van der Waals surface area contributed by atoms with Crippen LogP contribution in [0.4, 0.5) is 0 Å². The van der Waals surface area contributed by atoms with Crippen molar-refractivity contribution in [3.63, 3.8) is 0 Å². The van der Waals surface area contributed by atoms with Crippen molar-refractivity contribution in [3.05, 3.63) is 87.5 Å². The Bertz CT molecular complexity index is 1410. The molecule has 0 saturated heterocycles. The summed E-state index contributed by atoms with van der Waals surface area (Å²) < 4.78 is 6.25. The van der Waals surface area contributed by atoms with E-state index in [9.17, 15) is 24.6 Å². The molecule has 0 amide bonds. The average Bonchev–Trinajstić information content (AvgIpc) is 3.53. The maximum atomic E-state index is 13.2. The Balaban J connectivity index is 1.37. The summed E-state index contributed by atoms with van der Waals surface area (Å²) in [6, 6.07) is 13.9. The second-order valence-electron chi connectivity index (χ2n) is 10.2. The molecule has 0 spiro atoms. The second kappa shape index (κ2) is 9.85. The summed E-state index contributed by atoms with van der Waals surface area (Å²) in [4.78, 5) is 36.2. The third kappa shape index (κ3) is 4.64. The molecule has 2 aliphatic rings. The Hall–Kier alpha value is -3.93. The standard InChI is InChI=1S/C31H30O6/c1-17-18(2)28-23(14-25(29(28)32)20-7-3-4-8-20)15-27(17)37-16-19-6-5-9-21(12-19)22-10-11-24(30(33)34)26(13-22)31(35)36/h5-6,9-13,15,20,25H,3-4,7-8,14,16H2,1-2H3,(H,33,34)(H,35,36). The second-order valence-corrected chi connectivity index (χ2v) is 10.2. The number of carboxylic acids is 2. The minimum Gasteiger partial charge on any atom is -0.489 e. The quantitative estimate of drug-likeness (QED) is 0.386. The molecule has 5 rings (SSSR count). The van der Waals surface area contributed by atoms with Crippen LogP contribution in [0, 0.1) is 25.7 Å². The Labute approximate surface area is 215 Å². The summed E-state index contributed by atoms with van der Waals surface area (Å²) in [5.41, 5.74) is 5.76. The molecule has 0 aromatic heterocycles. The fourth-order valence-corrected chi connectivity index (χ4v) is 5.95. The molecule has 6 heteroatoms. The zero-order valence-corrected chi connectivity index (χ0v) is 21.0. The SMILES string of the molecule is Cc1c(OCc2cccc(-c3ccc(C(=O)O)c(C(=O)O)c3)c2)cc2c(c1C)C(=O)C(C1CCCC1)C2. The number of fused-ring (bicyclic) bond motifs is 1. The number of carbonyl (C=O) groups excluding carboxylic acids is 1. The lowest BCUT2D eigenvalue weighted by atomic mass is 9.87. The zero-order valence-electron chi connectivity index (χ0n) is 21.0. The molecule has 1 atom stereocenters. The lowest BCUT2D eigenvalue weighted by Gasteiger charge is -2.16. The van der Waals surface area contributed by atoms with Gasteiger partial charge in [-0.05, 0) is 96.7 Å². The van der Waals surface area contributed by atoms with Gasteiger partial charge >= 0.3 is 11.9 Å². The Morgan fingerprint density at radius 1 is 0.892 bits per heavy atom. The van der Waals surface area contributed by atoms with Crippen LogP contribution in [-0.2, 0) is 13.0 Å². The van der Waals surface area contributed by atoms with Crippen LogP contribution in [0.2, 0.25) is 0 Å². The van der Waals surface area contributed by atoms with Gasteiger partial charge in [-0.1, -0.05) is 37.1 Å². The number of ether oxygens (including phenoxy) is 1. The largest absolute Gasteiger partial charge is 0.489 e. The van der Waals surface area contributed by atoms with Crippen LogP contribution in [0.1, 0.15) is 79.0 Å². The van der Waals surface area contributed by atoms with Crippen molar-refractivity contribution in [3.8, 4) is 16.9 Å². The highest BCUT2D eigenvalue weighted by Crippen LogP contribution is 2.43. The molecule has 0 heterocycles. The van der Waals surface area contributed by atoms with Crippen LogP contribution in [0.25, 0.3) is 11.1 Å². The van der Waals surface area contributed by atoms with Gasteiger partial charge in [-0.2, -0.15) is 0 Å². The summed E-state index contributed by atoms with van der Waals surface area (Å²) in [5, 5.41) is 18.7. The number of rotatable bonds is 7. The van der Waals surface area contributed by atoms with Gasteiger partial charge in [0.15, 0.2) is 5.78 Å². The first kappa shape index (κ1) is 24.8. The van der Waals surface area contributed by atoms with Crippen LogP contribution in [0.5, 0.6) is 5.75 Å². The normalized spacial score (nSPS) is 17.1. The summed E-state index contributed by atoms with van der Waals surface area (Å²) >= 11 is 0. The highest BCUT2D eigenvalue weighted by Gasteiger charge is 2.39. The molecule has 1 fully saturated rings.